The smallest absolute Gasteiger partial charge is 0.156 e. The van der Waals surface area contributed by atoms with Gasteiger partial charge in [-0.05, 0) is 33.2 Å². The standard InChI is InChI=1S/C18H30N4O2/c1-4-24-13-17-19-16-8-11-21(2)10-7-15(16)18(20-17)22-9-5-6-14(12-22)23-3/h14H,4-13H2,1-3H3/t14-/m1/s1. The average molecular weight is 334 g/mol. The topological polar surface area (TPSA) is 50.7 Å². The molecule has 0 N–H and O–H groups in total. The van der Waals surface area contributed by atoms with Crippen LogP contribution in [-0.2, 0) is 28.9 Å². The summed E-state index contributed by atoms with van der Waals surface area (Å²) in [6.45, 7) is 7.28. The van der Waals surface area contributed by atoms with E-state index in [1.165, 1.54) is 11.3 Å². The van der Waals surface area contributed by atoms with E-state index in [4.69, 9.17) is 19.4 Å². The van der Waals surface area contributed by atoms with Gasteiger partial charge in [-0.3, -0.25) is 0 Å². The summed E-state index contributed by atoms with van der Waals surface area (Å²) in [6, 6.07) is 0. The van der Waals surface area contributed by atoms with Gasteiger partial charge in [-0.15, -0.1) is 0 Å². The van der Waals surface area contributed by atoms with E-state index in [0.717, 1.165) is 63.5 Å². The van der Waals surface area contributed by atoms with Gasteiger partial charge >= 0.3 is 0 Å². The number of aromatic nitrogens is 2. The molecule has 1 aromatic rings. The van der Waals surface area contributed by atoms with Crippen LogP contribution in [0, 0.1) is 0 Å². The molecule has 1 fully saturated rings. The fraction of sp³-hybridized carbons (Fsp3) is 0.778. The zero-order valence-electron chi connectivity index (χ0n) is 15.3. The van der Waals surface area contributed by atoms with Crippen molar-refractivity contribution in [2.75, 3.05) is 51.8 Å². The van der Waals surface area contributed by atoms with E-state index < -0.39 is 0 Å². The zero-order valence-corrected chi connectivity index (χ0v) is 15.3. The monoisotopic (exact) mass is 334 g/mol. The molecule has 1 saturated heterocycles. The van der Waals surface area contributed by atoms with Crippen LogP contribution in [0.25, 0.3) is 0 Å². The number of likely N-dealkylation sites (N-methyl/N-ethyl adjacent to an activating group) is 1. The summed E-state index contributed by atoms with van der Waals surface area (Å²) in [5, 5.41) is 0. The van der Waals surface area contributed by atoms with Crippen molar-refractivity contribution in [3.63, 3.8) is 0 Å². The maximum atomic E-state index is 5.61. The van der Waals surface area contributed by atoms with Gasteiger partial charge < -0.3 is 19.3 Å². The SMILES string of the molecule is CCOCc1nc2c(c(N3CCC[C@@H](OC)C3)n1)CCN(C)CC2. The van der Waals surface area contributed by atoms with E-state index in [2.05, 4.69) is 16.8 Å². The van der Waals surface area contributed by atoms with Crippen molar-refractivity contribution in [3.8, 4) is 0 Å². The third-order valence-electron chi connectivity index (χ3n) is 5.04. The highest BCUT2D eigenvalue weighted by Gasteiger charge is 2.26. The van der Waals surface area contributed by atoms with Crippen LogP contribution in [0.2, 0.25) is 0 Å². The fourth-order valence-electron chi connectivity index (χ4n) is 3.58. The van der Waals surface area contributed by atoms with Gasteiger partial charge in [0.1, 0.15) is 12.4 Å². The van der Waals surface area contributed by atoms with E-state index >= 15 is 0 Å². The first-order chi connectivity index (χ1) is 11.7. The Morgan fingerprint density at radius 2 is 2.00 bits per heavy atom. The molecule has 3 rings (SSSR count). The molecule has 2 aliphatic rings. The summed E-state index contributed by atoms with van der Waals surface area (Å²) in [4.78, 5) is 14.5. The Balaban J connectivity index is 1.92. The Morgan fingerprint density at radius 1 is 1.17 bits per heavy atom. The second kappa shape index (κ2) is 8.23. The summed E-state index contributed by atoms with van der Waals surface area (Å²) in [7, 11) is 3.99. The molecule has 6 heteroatoms. The summed E-state index contributed by atoms with van der Waals surface area (Å²) < 4.78 is 11.2. The van der Waals surface area contributed by atoms with Crippen LogP contribution in [-0.4, -0.2) is 67.9 Å². The van der Waals surface area contributed by atoms with Crippen molar-refractivity contribution in [2.24, 2.45) is 0 Å². The van der Waals surface area contributed by atoms with Gasteiger partial charge in [-0.1, -0.05) is 0 Å². The maximum absolute atomic E-state index is 5.61. The fourth-order valence-corrected chi connectivity index (χ4v) is 3.58. The van der Waals surface area contributed by atoms with Gasteiger partial charge in [0, 0.05) is 51.9 Å². The molecule has 1 aromatic heterocycles. The number of anilines is 1. The summed E-state index contributed by atoms with van der Waals surface area (Å²) in [6.07, 6.45) is 4.59. The van der Waals surface area contributed by atoms with Crippen molar-refractivity contribution in [1.29, 1.82) is 0 Å². The van der Waals surface area contributed by atoms with Crippen LogP contribution in [0.15, 0.2) is 0 Å². The van der Waals surface area contributed by atoms with Gasteiger partial charge in [0.05, 0.1) is 11.8 Å². The minimum Gasteiger partial charge on any atom is -0.380 e. The number of hydrogen-bond acceptors (Lipinski definition) is 6. The van der Waals surface area contributed by atoms with Crippen LogP contribution in [0.3, 0.4) is 0 Å². The van der Waals surface area contributed by atoms with Gasteiger partial charge in [0.25, 0.3) is 0 Å². The molecular weight excluding hydrogens is 304 g/mol. The summed E-state index contributed by atoms with van der Waals surface area (Å²) >= 11 is 0. The number of rotatable bonds is 5. The predicted molar refractivity (Wildman–Crippen MR) is 94.5 cm³/mol. The van der Waals surface area contributed by atoms with E-state index in [1.54, 1.807) is 0 Å². The lowest BCUT2D eigenvalue weighted by atomic mass is 10.0. The molecule has 0 amide bonds. The third-order valence-corrected chi connectivity index (χ3v) is 5.04. The van der Waals surface area contributed by atoms with E-state index in [9.17, 15) is 0 Å². The van der Waals surface area contributed by atoms with E-state index in [1.807, 2.05) is 14.0 Å². The van der Waals surface area contributed by atoms with Crippen molar-refractivity contribution in [1.82, 2.24) is 14.9 Å². The third kappa shape index (κ3) is 4.05. The van der Waals surface area contributed by atoms with Crippen molar-refractivity contribution >= 4 is 5.82 Å². The lowest BCUT2D eigenvalue weighted by Crippen LogP contribution is -2.40. The zero-order chi connectivity index (χ0) is 16.9. The highest BCUT2D eigenvalue weighted by atomic mass is 16.5. The number of hydrogen-bond donors (Lipinski definition) is 0. The minimum atomic E-state index is 0.299. The number of fused-ring (bicyclic) bond motifs is 1. The number of methoxy groups -OCH3 is 1. The number of ether oxygens (including phenoxy) is 2. The molecule has 0 aromatic carbocycles. The highest BCUT2D eigenvalue weighted by Crippen LogP contribution is 2.27. The molecular formula is C18H30N4O2. The molecule has 0 unspecified atom stereocenters. The largest absolute Gasteiger partial charge is 0.380 e. The quantitative estimate of drug-likeness (QED) is 0.816. The summed E-state index contributed by atoms with van der Waals surface area (Å²) in [5.74, 6) is 1.93. The van der Waals surface area contributed by atoms with E-state index in [-0.39, 0.29) is 0 Å². The minimum absolute atomic E-state index is 0.299. The molecule has 3 heterocycles. The Labute approximate surface area is 145 Å². The molecule has 0 saturated carbocycles. The van der Waals surface area contributed by atoms with Crippen LogP contribution >= 0.6 is 0 Å². The number of nitrogens with zero attached hydrogens (tertiary/aromatic N) is 4. The highest BCUT2D eigenvalue weighted by molar-refractivity contribution is 5.50. The van der Waals surface area contributed by atoms with Crippen LogP contribution in [0.1, 0.15) is 36.8 Å². The van der Waals surface area contributed by atoms with Crippen molar-refractivity contribution in [2.45, 2.75) is 45.3 Å². The Morgan fingerprint density at radius 3 is 2.79 bits per heavy atom. The molecule has 1 atom stereocenters. The van der Waals surface area contributed by atoms with Gasteiger partial charge in [0.15, 0.2) is 5.82 Å². The molecule has 0 aliphatic carbocycles. The average Bonchev–Trinajstić information content (AvgIpc) is 2.81. The van der Waals surface area contributed by atoms with Gasteiger partial charge in [0.2, 0.25) is 0 Å². The van der Waals surface area contributed by atoms with Crippen molar-refractivity contribution in [3.05, 3.63) is 17.1 Å². The van der Waals surface area contributed by atoms with Crippen LogP contribution < -0.4 is 4.90 Å². The lowest BCUT2D eigenvalue weighted by Gasteiger charge is -2.34. The second-order valence-corrected chi connectivity index (χ2v) is 6.78. The Bertz CT molecular complexity index is 552. The van der Waals surface area contributed by atoms with Gasteiger partial charge in [-0.25, -0.2) is 9.97 Å². The van der Waals surface area contributed by atoms with Crippen LogP contribution in [0.4, 0.5) is 5.82 Å². The first-order valence-electron chi connectivity index (χ1n) is 9.14. The van der Waals surface area contributed by atoms with Crippen molar-refractivity contribution < 1.29 is 9.47 Å². The normalized spacial score (nSPS) is 22.3. The summed E-state index contributed by atoms with van der Waals surface area (Å²) in [5.41, 5.74) is 2.54. The maximum Gasteiger partial charge on any atom is 0.156 e. The Hall–Kier alpha value is -1.24. The van der Waals surface area contributed by atoms with Gasteiger partial charge in [-0.2, -0.15) is 0 Å². The molecule has 24 heavy (non-hydrogen) atoms. The second-order valence-electron chi connectivity index (χ2n) is 6.78. The Kier molecular flexibility index (Phi) is 6.03. The van der Waals surface area contributed by atoms with Crippen LogP contribution in [0.5, 0.6) is 0 Å². The first-order valence-corrected chi connectivity index (χ1v) is 9.14. The van der Waals surface area contributed by atoms with E-state index in [0.29, 0.717) is 19.3 Å². The molecule has 134 valence electrons. The molecule has 0 bridgehead atoms. The molecule has 0 radical (unpaired) electrons. The first kappa shape index (κ1) is 17.6. The number of piperidine rings is 1. The molecule has 2 aliphatic heterocycles. The lowest BCUT2D eigenvalue weighted by molar-refractivity contribution is 0.0890. The predicted octanol–water partition coefficient (Wildman–Crippen LogP) is 1.66. The molecule has 6 nitrogen and oxygen atoms in total. The molecule has 0 spiro atoms.